The molecule has 0 N–H and O–H groups in total. The van der Waals surface area contributed by atoms with E-state index in [0.29, 0.717) is 28.5 Å². The van der Waals surface area contributed by atoms with E-state index < -0.39 is 0 Å². The molecular formula is C20H29ClN2O3. The van der Waals surface area contributed by atoms with Crippen LogP contribution in [0.2, 0.25) is 5.02 Å². The zero-order chi connectivity index (χ0) is 18.5. The number of hydrogen-bond donors (Lipinski definition) is 0. The van der Waals surface area contributed by atoms with E-state index in [2.05, 4.69) is 4.90 Å². The predicted octanol–water partition coefficient (Wildman–Crippen LogP) is 3.72. The largest absolute Gasteiger partial charge is 0.493 e. The molecular weight excluding hydrogens is 352 g/mol. The van der Waals surface area contributed by atoms with Gasteiger partial charge >= 0.3 is 0 Å². The Hall–Kier alpha value is -1.46. The lowest BCUT2D eigenvalue weighted by molar-refractivity contribution is -0.127. The average Bonchev–Trinajstić information content (AvgIpc) is 3.07. The van der Waals surface area contributed by atoms with E-state index in [1.54, 1.807) is 14.2 Å². The highest BCUT2D eigenvalue weighted by Gasteiger charge is 2.26. The number of ether oxygens (including phenoxy) is 2. The Morgan fingerprint density at radius 3 is 2.69 bits per heavy atom. The topological polar surface area (TPSA) is 42.0 Å². The maximum absolute atomic E-state index is 11.9. The molecule has 1 atom stereocenters. The number of hydrogen-bond acceptors (Lipinski definition) is 4. The fraction of sp³-hybridized carbons (Fsp3) is 0.650. The number of methoxy groups -OCH3 is 2. The Kier molecular flexibility index (Phi) is 6.65. The van der Waals surface area contributed by atoms with Crippen molar-refractivity contribution in [1.29, 1.82) is 0 Å². The molecule has 5 nitrogen and oxygen atoms in total. The van der Waals surface area contributed by atoms with Gasteiger partial charge in [0.15, 0.2) is 11.5 Å². The van der Waals surface area contributed by atoms with Gasteiger partial charge in [-0.05, 0) is 43.9 Å². The number of rotatable bonds is 7. The summed E-state index contributed by atoms with van der Waals surface area (Å²) in [4.78, 5) is 16.4. The van der Waals surface area contributed by atoms with E-state index in [0.717, 1.165) is 51.0 Å². The average molecular weight is 381 g/mol. The Balaban J connectivity index is 1.67. The van der Waals surface area contributed by atoms with Gasteiger partial charge in [-0.2, -0.15) is 0 Å². The van der Waals surface area contributed by atoms with Crippen molar-refractivity contribution in [3.63, 3.8) is 0 Å². The van der Waals surface area contributed by atoms with Gasteiger partial charge in [0.25, 0.3) is 0 Å². The van der Waals surface area contributed by atoms with Crippen LogP contribution in [0.5, 0.6) is 11.5 Å². The molecule has 0 spiro atoms. The second-order valence-electron chi connectivity index (χ2n) is 7.17. The molecule has 0 bridgehead atoms. The molecule has 144 valence electrons. The van der Waals surface area contributed by atoms with Crippen molar-refractivity contribution in [1.82, 2.24) is 9.80 Å². The molecule has 0 aliphatic carbocycles. The van der Waals surface area contributed by atoms with Crippen LogP contribution in [0.1, 0.15) is 44.1 Å². The van der Waals surface area contributed by atoms with E-state index in [9.17, 15) is 4.79 Å². The van der Waals surface area contributed by atoms with Crippen molar-refractivity contribution in [2.75, 3.05) is 33.9 Å². The lowest BCUT2D eigenvalue weighted by atomic mass is 9.98. The zero-order valence-electron chi connectivity index (χ0n) is 15.8. The second kappa shape index (κ2) is 8.96. The van der Waals surface area contributed by atoms with E-state index in [1.165, 1.54) is 19.3 Å². The molecule has 26 heavy (non-hydrogen) atoms. The number of carbonyl (C=O) groups is 1. The Labute approximate surface area is 161 Å². The monoisotopic (exact) mass is 380 g/mol. The molecule has 2 aliphatic heterocycles. The summed E-state index contributed by atoms with van der Waals surface area (Å²) in [5.41, 5.74) is 1.06. The normalized spacial score (nSPS) is 21.3. The van der Waals surface area contributed by atoms with Crippen LogP contribution in [0.15, 0.2) is 12.1 Å². The summed E-state index contributed by atoms with van der Waals surface area (Å²) in [5, 5.41) is 0.630. The third kappa shape index (κ3) is 4.26. The van der Waals surface area contributed by atoms with Crippen molar-refractivity contribution in [2.45, 2.75) is 51.1 Å². The molecule has 0 radical (unpaired) electrons. The Bertz CT molecular complexity index is 638. The van der Waals surface area contributed by atoms with Crippen LogP contribution in [0, 0.1) is 0 Å². The fourth-order valence-corrected chi connectivity index (χ4v) is 4.40. The number of likely N-dealkylation sites (tertiary alicyclic amines) is 2. The number of nitrogens with zero attached hydrogens (tertiary/aromatic N) is 2. The summed E-state index contributed by atoms with van der Waals surface area (Å²) >= 11 is 6.58. The van der Waals surface area contributed by atoms with Crippen LogP contribution in [0.4, 0.5) is 0 Å². The van der Waals surface area contributed by atoms with Crippen LogP contribution in [-0.4, -0.2) is 55.6 Å². The third-order valence-corrected chi connectivity index (χ3v) is 6.01. The van der Waals surface area contributed by atoms with Gasteiger partial charge in [-0.25, -0.2) is 0 Å². The zero-order valence-corrected chi connectivity index (χ0v) is 16.6. The Morgan fingerprint density at radius 1 is 1.15 bits per heavy atom. The molecule has 2 fully saturated rings. The first-order chi connectivity index (χ1) is 12.6. The molecule has 2 aliphatic rings. The second-order valence-corrected chi connectivity index (χ2v) is 7.55. The van der Waals surface area contributed by atoms with Gasteiger partial charge < -0.3 is 14.4 Å². The van der Waals surface area contributed by atoms with Crippen molar-refractivity contribution in [3.05, 3.63) is 22.7 Å². The maximum atomic E-state index is 11.9. The minimum Gasteiger partial charge on any atom is -0.493 e. The summed E-state index contributed by atoms with van der Waals surface area (Å²) in [5.74, 6) is 1.57. The molecule has 0 unspecified atom stereocenters. The van der Waals surface area contributed by atoms with Crippen LogP contribution >= 0.6 is 11.6 Å². The molecule has 6 heteroatoms. The minimum atomic E-state index is 0.315. The first-order valence-corrected chi connectivity index (χ1v) is 9.93. The van der Waals surface area contributed by atoms with Gasteiger partial charge in [0.05, 0.1) is 19.2 Å². The highest BCUT2D eigenvalue weighted by atomic mass is 35.5. The lowest BCUT2D eigenvalue weighted by Gasteiger charge is -2.37. The van der Waals surface area contributed by atoms with E-state index in [4.69, 9.17) is 21.1 Å². The summed E-state index contributed by atoms with van der Waals surface area (Å²) in [6, 6.07) is 4.45. The number of amides is 1. The van der Waals surface area contributed by atoms with Gasteiger partial charge in [0.1, 0.15) is 0 Å². The van der Waals surface area contributed by atoms with Gasteiger partial charge in [0, 0.05) is 32.1 Å². The number of piperidine rings is 1. The highest BCUT2D eigenvalue weighted by molar-refractivity contribution is 6.33. The predicted molar refractivity (Wildman–Crippen MR) is 103 cm³/mol. The summed E-state index contributed by atoms with van der Waals surface area (Å²) in [7, 11) is 3.23. The van der Waals surface area contributed by atoms with Crippen LogP contribution < -0.4 is 9.47 Å². The standard InChI is InChI=1S/C20H29ClN2O3/c1-25-17-9-8-15(19(21)20(17)26-2)14-23-11-4-3-6-16(23)10-13-22-12-5-7-18(22)24/h8-9,16H,3-7,10-14H2,1-2H3/t16-/m0/s1. The molecule has 3 rings (SSSR count). The van der Waals surface area contributed by atoms with Crippen molar-refractivity contribution < 1.29 is 14.3 Å². The highest BCUT2D eigenvalue weighted by Crippen LogP contribution is 2.38. The third-order valence-electron chi connectivity index (χ3n) is 5.59. The van der Waals surface area contributed by atoms with Gasteiger partial charge in [0.2, 0.25) is 5.91 Å². The van der Waals surface area contributed by atoms with Gasteiger partial charge in [-0.1, -0.05) is 24.1 Å². The quantitative estimate of drug-likeness (QED) is 0.722. The van der Waals surface area contributed by atoms with Gasteiger partial charge in [-0.15, -0.1) is 0 Å². The summed E-state index contributed by atoms with van der Waals surface area (Å²) < 4.78 is 10.8. The fourth-order valence-electron chi connectivity index (χ4n) is 4.11. The van der Waals surface area contributed by atoms with Gasteiger partial charge in [-0.3, -0.25) is 9.69 Å². The molecule has 0 aromatic heterocycles. The van der Waals surface area contributed by atoms with E-state index in [-0.39, 0.29) is 0 Å². The van der Waals surface area contributed by atoms with Crippen molar-refractivity contribution in [2.24, 2.45) is 0 Å². The first-order valence-electron chi connectivity index (χ1n) is 9.55. The molecule has 0 saturated carbocycles. The number of benzene rings is 1. The summed E-state index contributed by atoms with van der Waals surface area (Å²) in [6.45, 7) is 3.67. The molecule has 1 amide bonds. The maximum Gasteiger partial charge on any atom is 0.222 e. The molecule has 2 heterocycles. The smallest absolute Gasteiger partial charge is 0.222 e. The van der Waals surface area contributed by atoms with Crippen LogP contribution in [0.3, 0.4) is 0 Å². The molecule has 1 aromatic rings. The molecule has 1 aromatic carbocycles. The lowest BCUT2D eigenvalue weighted by Crippen LogP contribution is -2.41. The summed E-state index contributed by atoms with van der Waals surface area (Å²) in [6.07, 6.45) is 6.42. The number of carbonyl (C=O) groups excluding carboxylic acids is 1. The van der Waals surface area contributed by atoms with E-state index in [1.807, 2.05) is 17.0 Å². The molecule has 2 saturated heterocycles. The van der Waals surface area contributed by atoms with Crippen molar-refractivity contribution in [3.8, 4) is 11.5 Å². The Morgan fingerprint density at radius 2 is 2.00 bits per heavy atom. The van der Waals surface area contributed by atoms with E-state index >= 15 is 0 Å². The SMILES string of the molecule is COc1ccc(CN2CCCC[C@H]2CCN2CCCC2=O)c(Cl)c1OC. The minimum absolute atomic E-state index is 0.315. The van der Waals surface area contributed by atoms with Crippen molar-refractivity contribution >= 4 is 17.5 Å². The van der Waals surface area contributed by atoms with Crippen LogP contribution in [-0.2, 0) is 11.3 Å². The number of halogens is 1. The first kappa shape index (κ1) is 19.3. The van der Waals surface area contributed by atoms with Crippen LogP contribution in [0.25, 0.3) is 0 Å².